The van der Waals surface area contributed by atoms with Crippen LogP contribution < -0.4 is 21.3 Å². The number of fused-ring (bicyclic) bond motifs is 1. The van der Waals surface area contributed by atoms with Gasteiger partial charge in [0.15, 0.2) is 14.2 Å². The summed E-state index contributed by atoms with van der Waals surface area (Å²) in [6, 6.07) is -4.13. The lowest BCUT2D eigenvalue weighted by Gasteiger charge is -2.43. The Morgan fingerprint density at radius 1 is 1.00 bits per heavy atom. The smallest absolute Gasteiger partial charge is 0.315 e. The van der Waals surface area contributed by atoms with Crippen molar-refractivity contribution in [3.63, 3.8) is 0 Å². The Morgan fingerprint density at radius 3 is 2.23 bits per heavy atom. The van der Waals surface area contributed by atoms with Crippen molar-refractivity contribution in [1.82, 2.24) is 26.2 Å². The quantitative estimate of drug-likeness (QED) is 0.176. The Morgan fingerprint density at radius 2 is 1.67 bits per heavy atom. The van der Waals surface area contributed by atoms with E-state index in [4.69, 9.17) is 23.2 Å². The second kappa shape index (κ2) is 13.7. The zero-order valence-corrected chi connectivity index (χ0v) is 30.5. The summed E-state index contributed by atoms with van der Waals surface area (Å²) in [7, 11) is -3.38. The summed E-state index contributed by atoms with van der Waals surface area (Å²) in [5.74, 6) is -3.41. The molecule has 0 bridgehead atoms. The topological polar surface area (TPSA) is 171 Å². The van der Waals surface area contributed by atoms with Crippen LogP contribution in [0, 0.1) is 11.3 Å². The first-order chi connectivity index (χ1) is 22.4. The molecule has 5 unspecified atom stereocenters. The molecule has 3 saturated carbocycles. The first-order valence-corrected chi connectivity index (χ1v) is 19.8. The number of hydrogen-bond donors (Lipinski definition) is 4. The van der Waals surface area contributed by atoms with Gasteiger partial charge < -0.3 is 26.2 Å². The molecular formula is C33H49Cl2N5O7S. The molecule has 0 aromatic heterocycles. The maximum Gasteiger partial charge on any atom is 0.315 e. The van der Waals surface area contributed by atoms with Gasteiger partial charge in [0.25, 0.3) is 5.91 Å². The van der Waals surface area contributed by atoms with E-state index in [9.17, 15) is 32.4 Å². The van der Waals surface area contributed by atoms with E-state index in [0.29, 0.717) is 37.7 Å². The number of hydrogen-bond acceptors (Lipinski definition) is 7. The van der Waals surface area contributed by atoms with E-state index < -0.39 is 84.0 Å². The van der Waals surface area contributed by atoms with Crippen molar-refractivity contribution < 1.29 is 32.4 Å². The zero-order chi connectivity index (χ0) is 35.2. The summed E-state index contributed by atoms with van der Waals surface area (Å²) >= 11 is 13.0. The lowest BCUT2D eigenvalue weighted by molar-refractivity contribution is -0.143. The number of rotatable bonds is 12. The van der Waals surface area contributed by atoms with Crippen LogP contribution in [0.5, 0.6) is 0 Å². The Hall–Kier alpha value is -2.38. The maximum absolute atomic E-state index is 14.3. The van der Waals surface area contributed by atoms with E-state index in [-0.39, 0.29) is 18.2 Å². The van der Waals surface area contributed by atoms with Crippen molar-refractivity contribution in [2.45, 2.75) is 144 Å². The SMILES string of the molecule is CCCCC(NC(=O)C1C2C(=CN1C(=O)C(NC(=O)NC1(C3CCCS3(=O)=O)CCCCC1)C(C)(C)C)C2(Cl)Cl)C(=O)C(=O)NC1CC1. The number of ketones is 1. The molecule has 4 N–H and O–H groups in total. The number of alkyl halides is 2. The van der Waals surface area contributed by atoms with E-state index in [0.717, 1.165) is 38.5 Å². The summed E-state index contributed by atoms with van der Waals surface area (Å²) < 4.78 is 24.7. The Balaban J connectivity index is 1.35. The molecule has 5 atom stereocenters. The van der Waals surface area contributed by atoms with Crippen molar-refractivity contribution in [3.05, 3.63) is 11.8 Å². The standard InChI is InChI=1S/C33H49Cl2N5O7S/c1-5-6-11-21(25(41)28(43)36-19-13-14-19)37-27(42)24-23-20(33(23,34)35)18-40(24)29(44)26(31(2,3)4)38-30(45)39-32(15-8-7-9-16-32)22-12-10-17-48(22,46)47/h18-19,21-24,26H,5-17H2,1-4H3,(H,36,43)(H,37,42)(H2,38,39,45). The molecule has 2 heterocycles. The molecular weight excluding hydrogens is 681 g/mol. The number of nitrogens with zero attached hydrogens (tertiary/aromatic N) is 1. The van der Waals surface area contributed by atoms with E-state index in [1.54, 1.807) is 20.8 Å². The van der Waals surface area contributed by atoms with E-state index in [1.807, 2.05) is 6.92 Å². The second-order valence-corrected chi connectivity index (χ2v) is 19.0. The van der Waals surface area contributed by atoms with Gasteiger partial charge >= 0.3 is 6.03 Å². The number of halogens is 2. The molecule has 12 nitrogen and oxygen atoms in total. The summed E-state index contributed by atoms with van der Waals surface area (Å²) in [5, 5.41) is 10.5. The number of nitrogens with one attached hydrogen (secondary N) is 4. The molecule has 268 valence electrons. The molecule has 5 rings (SSSR count). The molecule has 48 heavy (non-hydrogen) atoms. The molecule has 5 aliphatic rings. The average Bonchev–Trinajstić information content (AvgIpc) is 3.79. The highest BCUT2D eigenvalue weighted by Crippen LogP contribution is 2.64. The monoisotopic (exact) mass is 729 g/mol. The van der Waals surface area contributed by atoms with Crippen LogP contribution in [0.3, 0.4) is 0 Å². The Labute approximate surface area is 293 Å². The summed E-state index contributed by atoms with van der Waals surface area (Å²) in [5.41, 5.74) is -1.29. The minimum Gasteiger partial charge on any atom is -0.347 e. The zero-order valence-electron chi connectivity index (χ0n) is 28.2. The van der Waals surface area contributed by atoms with E-state index in [2.05, 4.69) is 21.3 Å². The molecule has 15 heteroatoms. The van der Waals surface area contributed by atoms with Crippen LogP contribution in [0.4, 0.5) is 4.79 Å². The summed E-state index contributed by atoms with van der Waals surface area (Å²) in [4.78, 5) is 68.9. The molecule has 0 radical (unpaired) electrons. The normalized spacial score (nSPS) is 27.9. The first-order valence-electron chi connectivity index (χ1n) is 17.3. The number of carbonyl (C=O) groups is 5. The minimum atomic E-state index is -3.38. The molecule has 0 aromatic rings. The van der Waals surface area contributed by atoms with Crippen molar-refractivity contribution in [2.24, 2.45) is 11.3 Å². The van der Waals surface area contributed by atoms with Gasteiger partial charge in [-0.15, -0.1) is 0 Å². The van der Waals surface area contributed by atoms with E-state index in [1.165, 1.54) is 11.1 Å². The van der Waals surface area contributed by atoms with Crippen molar-refractivity contribution in [2.75, 3.05) is 5.75 Å². The van der Waals surface area contributed by atoms with Gasteiger partial charge in [-0.2, -0.15) is 0 Å². The van der Waals surface area contributed by atoms with Gasteiger partial charge in [-0.3, -0.25) is 19.2 Å². The Kier molecular flexibility index (Phi) is 10.6. The first kappa shape index (κ1) is 36.9. The van der Waals surface area contributed by atoms with Gasteiger partial charge in [-0.1, -0.05) is 83.0 Å². The van der Waals surface area contributed by atoms with Crippen LogP contribution in [-0.2, 0) is 29.0 Å². The summed E-state index contributed by atoms with van der Waals surface area (Å²) in [6.45, 7) is 7.26. The molecule has 3 aliphatic carbocycles. The van der Waals surface area contributed by atoms with Gasteiger partial charge in [0.05, 0.1) is 28.5 Å². The molecule has 0 aromatic carbocycles. The van der Waals surface area contributed by atoms with Crippen molar-refractivity contribution in [3.8, 4) is 0 Å². The van der Waals surface area contributed by atoms with Crippen molar-refractivity contribution >= 4 is 62.6 Å². The molecule has 4 fully saturated rings. The second-order valence-electron chi connectivity index (χ2n) is 15.3. The van der Waals surface area contributed by atoms with Gasteiger partial charge in [0, 0.05) is 12.2 Å². The fourth-order valence-corrected chi connectivity index (χ4v) is 10.7. The highest BCUT2D eigenvalue weighted by Gasteiger charge is 2.69. The number of unbranched alkanes of at least 4 members (excludes halogenated alkanes) is 1. The Bertz CT molecular complexity index is 1470. The fraction of sp³-hybridized carbons (Fsp3) is 0.788. The van der Waals surface area contributed by atoms with Crippen LogP contribution in [0.25, 0.3) is 0 Å². The van der Waals surface area contributed by atoms with Crippen LogP contribution in [0.1, 0.15) is 105 Å². The van der Waals surface area contributed by atoms with Gasteiger partial charge in [0.1, 0.15) is 12.1 Å². The number of amides is 5. The highest BCUT2D eigenvalue weighted by molar-refractivity contribution is 7.92. The number of Topliss-reactive ketones (excluding diaryl/α,β-unsaturated/α-hetero) is 1. The minimum absolute atomic E-state index is 0.0344. The van der Waals surface area contributed by atoms with Gasteiger partial charge in [-0.05, 0) is 55.9 Å². The highest BCUT2D eigenvalue weighted by atomic mass is 35.5. The largest absolute Gasteiger partial charge is 0.347 e. The predicted molar refractivity (Wildman–Crippen MR) is 182 cm³/mol. The third-order valence-corrected chi connectivity index (χ3v) is 13.8. The van der Waals surface area contributed by atoms with E-state index >= 15 is 0 Å². The number of sulfone groups is 1. The average molecular weight is 731 g/mol. The maximum atomic E-state index is 14.3. The number of urea groups is 1. The molecule has 0 spiro atoms. The van der Waals surface area contributed by atoms with Gasteiger partial charge in [0.2, 0.25) is 17.6 Å². The van der Waals surface area contributed by atoms with Crippen LogP contribution >= 0.6 is 23.2 Å². The lowest BCUT2D eigenvalue weighted by Crippen LogP contribution is -2.65. The summed E-state index contributed by atoms with van der Waals surface area (Å²) in [6.07, 6.45) is 9.21. The third kappa shape index (κ3) is 7.52. The van der Waals surface area contributed by atoms with Crippen LogP contribution in [-0.4, -0.2) is 87.9 Å². The molecule has 5 amide bonds. The predicted octanol–water partition coefficient (Wildman–Crippen LogP) is 3.40. The third-order valence-electron chi connectivity index (χ3n) is 10.5. The lowest BCUT2D eigenvalue weighted by atomic mass is 9.78. The molecule has 2 aliphatic heterocycles. The van der Waals surface area contributed by atoms with Gasteiger partial charge in [-0.25, -0.2) is 13.2 Å². The number of carbonyl (C=O) groups excluding carboxylic acids is 5. The fourth-order valence-electron chi connectivity index (χ4n) is 7.61. The molecule has 1 saturated heterocycles. The van der Waals surface area contributed by atoms with Crippen molar-refractivity contribution in [1.29, 1.82) is 0 Å². The van der Waals surface area contributed by atoms with Crippen LogP contribution in [0.15, 0.2) is 11.8 Å². The van der Waals surface area contributed by atoms with Crippen LogP contribution in [0.2, 0.25) is 0 Å².